The average molecular weight is 217 g/mol. The Kier molecular flexibility index (Phi) is 4.88. The molecule has 1 aromatic carbocycles. The number of ether oxygens (including phenoxy) is 1. The second-order valence-electron chi connectivity index (χ2n) is 3.76. The smallest absolute Gasteiger partial charge is 0.123 e. The van der Waals surface area contributed by atoms with Gasteiger partial charge >= 0.3 is 0 Å². The molecule has 0 bridgehead atoms. The number of benzene rings is 1. The van der Waals surface area contributed by atoms with E-state index in [0.29, 0.717) is 0 Å². The van der Waals surface area contributed by atoms with Gasteiger partial charge in [0.2, 0.25) is 0 Å². The lowest BCUT2D eigenvalue weighted by Gasteiger charge is -2.20. The first-order valence-corrected chi connectivity index (χ1v) is 5.58. The Morgan fingerprint density at radius 2 is 2.12 bits per heavy atom. The van der Waals surface area contributed by atoms with Gasteiger partial charge in [0.25, 0.3) is 0 Å². The second-order valence-corrected chi connectivity index (χ2v) is 3.76. The van der Waals surface area contributed by atoms with Crippen LogP contribution in [0.15, 0.2) is 24.3 Å². The van der Waals surface area contributed by atoms with Crippen molar-refractivity contribution in [2.24, 2.45) is 0 Å². The molecular formula is C14H19NO. The van der Waals surface area contributed by atoms with Gasteiger partial charge < -0.3 is 4.74 Å². The van der Waals surface area contributed by atoms with Crippen LogP contribution in [0.4, 0.5) is 0 Å². The molecule has 0 aliphatic heterocycles. The van der Waals surface area contributed by atoms with Crippen LogP contribution in [0.25, 0.3) is 0 Å². The third-order valence-electron chi connectivity index (χ3n) is 2.67. The number of nitrogens with one attached hydrogen (secondary N) is 1. The molecule has 0 fully saturated rings. The Morgan fingerprint density at radius 3 is 2.69 bits per heavy atom. The van der Waals surface area contributed by atoms with Gasteiger partial charge in [0.15, 0.2) is 0 Å². The molecule has 0 saturated carbocycles. The highest BCUT2D eigenvalue weighted by molar-refractivity contribution is 5.35. The van der Waals surface area contributed by atoms with Crippen molar-refractivity contribution in [1.29, 1.82) is 0 Å². The molecular weight excluding hydrogens is 198 g/mol. The lowest BCUT2D eigenvalue weighted by molar-refractivity contribution is 0.398. The van der Waals surface area contributed by atoms with Crippen LogP contribution in [0.1, 0.15) is 31.9 Å². The molecule has 0 heterocycles. The maximum Gasteiger partial charge on any atom is 0.123 e. The van der Waals surface area contributed by atoms with Crippen LogP contribution < -0.4 is 10.1 Å². The summed E-state index contributed by atoms with van der Waals surface area (Å²) in [5.74, 6) is 3.64. The summed E-state index contributed by atoms with van der Waals surface area (Å²) in [6.45, 7) is 4.17. The van der Waals surface area contributed by atoms with E-state index in [1.165, 1.54) is 0 Å². The van der Waals surface area contributed by atoms with Crippen molar-refractivity contribution in [1.82, 2.24) is 5.32 Å². The number of para-hydroxylation sites is 1. The standard InChI is InChI=1S/C14H19NO/c1-5-12(6-2)15-11(3)13-9-7-8-10-14(13)16-4/h1,7-12,15H,6H2,2-4H3/t11-,12?/m0/s1. The summed E-state index contributed by atoms with van der Waals surface area (Å²) in [7, 11) is 1.68. The van der Waals surface area contributed by atoms with Crippen molar-refractivity contribution in [3.05, 3.63) is 29.8 Å². The number of hydrogen-bond acceptors (Lipinski definition) is 2. The predicted molar refractivity (Wildman–Crippen MR) is 67.5 cm³/mol. The Morgan fingerprint density at radius 1 is 1.44 bits per heavy atom. The normalized spacial score (nSPS) is 13.9. The van der Waals surface area contributed by atoms with Crippen LogP contribution in [-0.4, -0.2) is 13.2 Å². The van der Waals surface area contributed by atoms with Crippen LogP contribution in [0.5, 0.6) is 5.75 Å². The van der Waals surface area contributed by atoms with Crippen molar-refractivity contribution in [3.8, 4) is 18.1 Å². The van der Waals surface area contributed by atoms with E-state index < -0.39 is 0 Å². The van der Waals surface area contributed by atoms with E-state index >= 15 is 0 Å². The average Bonchev–Trinajstić information content (AvgIpc) is 2.35. The molecule has 0 aliphatic carbocycles. The summed E-state index contributed by atoms with van der Waals surface area (Å²) >= 11 is 0. The van der Waals surface area contributed by atoms with Gasteiger partial charge in [-0.2, -0.15) is 0 Å². The topological polar surface area (TPSA) is 21.3 Å². The highest BCUT2D eigenvalue weighted by Gasteiger charge is 2.13. The van der Waals surface area contributed by atoms with E-state index in [2.05, 4.69) is 31.2 Å². The molecule has 2 heteroatoms. The molecule has 2 nitrogen and oxygen atoms in total. The maximum atomic E-state index is 5.44. The van der Waals surface area contributed by atoms with E-state index in [1.54, 1.807) is 7.11 Å². The number of rotatable bonds is 5. The zero-order chi connectivity index (χ0) is 12.0. The summed E-state index contributed by atoms with van der Waals surface area (Å²) in [6, 6.07) is 8.29. The summed E-state index contributed by atoms with van der Waals surface area (Å²) < 4.78 is 5.32. The molecule has 1 aromatic rings. The number of terminal acetylenes is 1. The Bertz CT molecular complexity index is 367. The van der Waals surface area contributed by atoms with Crippen LogP contribution in [0.3, 0.4) is 0 Å². The summed E-state index contributed by atoms with van der Waals surface area (Å²) in [4.78, 5) is 0. The summed E-state index contributed by atoms with van der Waals surface area (Å²) in [6.07, 6.45) is 6.36. The molecule has 0 aliphatic rings. The fraction of sp³-hybridized carbons (Fsp3) is 0.429. The molecule has 0 saturated heterocycles. The first-order valence-electron chi connectivity index (χ1n) is 5.58. The van der Waals surface area contributed by atoms with Crippen LogP contribution in [-0.2, 0) is 0 Å². The minimum atomic E-state index is 0.111. The van der Waals surface area contributed by atoms with E-state index in [-0.39, 0.29) is 12.1 Å². The van der Waals surface area contributed by atoms with Crippen LogP contribution >= 0.6 is 0 Å². The Balaban J connectivity index is 2.80. The van der Waals surface area contributed by atoms with Gasteiger partial charge in [0.1, 0.15) is 5.75 Å². The van der Waals surface area contributed by atoms with Crippen molar-refractivity contribution in [3.63, 3.8) is 0 Å². The zero-order valence-electron chi connectivity index (χ0n) is 10.2. The molecule has 2 atom stereocenters. The van der Waals surface area contributed by atoms with Crippen LogP contribution in [0.2, 0.25) is 0 Å². The van der Waals surface area contributed by atoms with E-state index in [0.717, 1.165) is 17.7 Å². The molecule has 1 N–H and O–H groups in total. The number of methoxy groups -OCH3 is 1. The van der Waals surface area contributed by atoms with Gasteiger partial charge in [0.05, 0.1) is 13.2 Å². The Hall–Kier alpha value is -1.46. The first-order chi connectivity index (χ1) is 7.72. The molecule has 86 valence electrons. The SMILES string of the molecule is C#CC(CC)N[C@@H](C)c1ccccc1OC. The fourth-order valence-corrected chi connectivity index (χ4v) is 1.70. The monoisotopic (exact) mass is 217 g/mol. The van der Waals surface area contributed by atoms with Gasteiger partial charge in [-0.15, -0.1) is 6.42 Å². The fourth-order valence-electron chi connectivity index (χ4n) is 1.70. The van der Waals surface area contributed by atoms with E-state index in [4.69, 9.17) is 11.2 Å². The molecule has 0 radical (unpaired) electrons. The van der Waals surface area contributed by atoms with Gasteiger partial charge in [0, 0.05) is 11.6 Å². The highest BCUT2D eigenvalue weighted by atomic mass is 16.5. The van der Waals surface area contributed by atoms with Gasteiger partial charge in [-0.05, 0) is 19.4 Å². The number of hydrogen-bond donors (Lipinski definition) is 1. The largest absolute Gasteiger partial charge is 0.496 e. The third kappa shape index (κ3) is 3.01. The molecule has 16 heavy (non-hydrogen) atoms. The van der Waals surface area contributed by atoms with Crippen molar-refractivity contribution in [2.45, 2.75) is 32.4 Å². The minimum Gasteiger partial charge on any atom is -0.496 e. The third-order valence-corrected chi connectivity index (χ3v) is 2.67. The van der Waals surface area contributed by atoms with Crippen molar-refractivity contribution >= 4 is 0 Å². The van der Waals surface area contributed by atoms with E-state index in [9.17, 15) is 0 Å². The molecule has 0 spiro atoms. The highest BCUT2D eigenvalue weighted by Crippen LogP contribution is 2.24. The van der Waals surface area contributed by atoms with Gasteiger partial charge in [-0.1, -0.05) is 31.0 Å². The maximum absolute atomic E-state index is 5.44. The predicted octanol–water partition coefficient (Wildman–Crippen LogP) is 2.76. The van der Waals surface area contributed by atoms with Crippen LogP contribution in [0, 0.1) is 12.3 Å². The lowest BCUT2D eigenvalue weighted by atomic mass is 10.1. The summed E-state index contributed by atoms with van der Waals surface area (Å²) in [5, 5.41) is 3.39. The molecule has 0 amide bonds. The zero-order valence-corrected chi connectivity index (χ0v) is 10.2. The Labute approximate surface area is 98.0 Å². The van der Waals surface area contributed by atoms with Gasteiger partial charge in [-0.25, -0.2) is 0 Å². The quantitative estimate of drug-likeness (QED) is 0.766. The van der Waals surface area contributed by atoms with E-state index in [1.807, 2.05) is 18.2 Å². The molecule has 1 unspecified atom stereocenters. The molecule has 0 aromatic heterocycles. The van der Waals surface area contributed by atoms with Gasteiger partial charge in [-0.3, -0.25) is 5.32 Å². The van der Waals surface area contributed by atoms with Crippen molar-refractivity contribution in [2.75, 3.05) is 7.11 Å². The van der Waals surface area contributed by atoms with Crippen molar-refractivity contribution < 1.29 is 4.74 Å². The minimum absolute atomic E-state index is 0.111. The second kappa shape index (κ2) is 6.19. The molecule has 1 rings (SSSR count). The summed E-state index contributed by atoms with van der Waals surface area (Å²) in [5.41, 5.74) is 1.14. The first kappa shape index (κ1) is 12.6. The lowest BCUT2D eigenvalue weighted by Crippen LogP contribution is -2.29.